The Bertz CT molecular complexity index is 873. The topological polar surface area (TPSA) is 48.2 Å². The van der Waals surface area contributed by atoms with E-state index in [1.165, 1.54) is 12.1 Å². The molecule has 4 rings (SSSR count). The van der Waals surface area contributed by atoms with E-state index in [0.717, 1.165) is 5.56 Å². The number of hydrogen-bond donors (Lipinski definition) is 0. The van der Waals surface area contributed by atoms with Crippen molar-refractivity contribution in [1.82, 2.24) is 10.2 Å². The molecule has 1 aromatic heterocycles. The van der Waals surface area contributed by atoms with Gasteiger partial charge in [0.15, 0.2) is 0 Å². The molecule has 2 heterocycles. The Labute approximate surface area is 149 Å². The van der Waals surface area contributed by atoms with Gasteiger partial charge in [0.1, 0.15) is 5.82 Å². The minimum absolute atomic E-state index is 0.305. The van der Waals surface area contributed by atoms with E-state index in [1.807, 2.05) is 24.3 Å². The van der Waals surface area contributed by atoms with Crippen molar-refractivity contribution in [3.05, 3.63) is 70.8 Å². The van der Waals surface area contributed by atoms with Gasteiger partial charge in [0, 0.05) is 23.8 Å². The Balaban J connectivity index is 1.79. The maximum Gasteiger partial charge on any atom is 0.247 e. The summed E-state index contributed by atoms with van der Waals surface area (Å²) in [6.07, 6.45) is 1.42. The third kappa shape index (κ3) is 2.94. The first-order chi connectivity index (χ1) is 12.2. The summed E-state index contributed by atoms with van der Waals surface area (Å²) in [6, 6.07) is 13.7. The predicted octanol–water partition coefficient (Wildman–Crippen LogP) is 4.63. The highest BCUT2D eigenvalue weighted by atomic mass is 35.5. The van der Waals surface area contributed by atoms with Crippen LogP contribution in [0.1, 0.15) is 24.3 Å². The molecule has 6 heteroatoms. The molecule has 3 aromatic rings. The summed E-state index contributed by atoms with van der Waals surface area (Å²) in [6.45, 7) is 1.19. The standard InChI is InChI=1S/C19H16ClFN2O2/c20-16-4-2-1-3-15(16)19(9-11-24-12-10-19)18-23-22-17(25-18)13-5-7-14(21)8-6-13/h1-8H,9-12H2. The molecule has 0 spiro atoms. The summed E-state index contributed by atoms with van der Waals surface area (Å²) in [5, 5.41) is 9.14. The number of nitrogens with zero attached hydrogens (tertiary/aromatic N) is 2. The van der Waals surface area contributed by atoms with Crippen LogP contribution in [0.25, 0.3) is 11.5 Å². The number of halogens is 2. The van der Waals surface area contributed by atoms with E-state index < -0.39 is 5.41 Å². The number of ether oxygens (including phenoxy) is 1. The van der Waals surface area contributed by atoms with Crippen molar-refractivity contribution in [2.75, 3.05) is 13.2 Å². The predicted molar refractivity (Wildman–Crippen MR) is 92.0 cm³/mol. The van der Waals surface area contributed by atoms with Gasteiger partial charge in [0.2, 0.25) is 11.8 Å². The van der Waals surface area contributed by atoms with Crippen molar-refractivity contribution in [3.63, 3.8) is 0 Å². The van der Waals surface area contributed by atoms with Gasteiger partial charge in [-0.05, 0) is 48.7 Å². The molecule has 1 aliphatic rings. The summed E-state index contributed by atoms with van der Waals surface area (Å²) in [5.41, 5.74) is 1.18. The molecule has 0 saturated carbocycles. The van der Waals surface area contributed by atoms with Crippen LogP contribution in [0.2, 0.25) is 5.02 Å². The number of rotatable bonds is 3. The second-order valence-corrected chi connectivity index (χ2v) is 6.50. The zero-order chi connectivity index (χ0) is 17.3. The normalized spacial score (nSPS) is 16.7. The lowest BCUT2D eigenvalue weighted by Gasteiger charge is -2.35. The van der Waals surface area contributed by atoms with E-state index in [2.05, 4.69) is 10.2 Å². The second-order valence-electron chi connectivity index (χ2n) is 6.09. The van der Waals surface area contributed by atoms with Crippen LogP contribution in [0, 0.1) is 5.82 Å². The number of hydrogen-bond acceptors (Lipinski definition) is 4. The van der Waals surface area contributed by atoms with Gasteiger partial charge in [-0.2, -0.15) is 0 Å². The SMILES string of the molecule is Fc1ccc(-c2nnc(C3(c4ccccc4Cl)CCOCC3)o2)cc1. The summed E-state index contributed by atoms with van der Waals surface area (Å²) in [4.78, 5) is 0. The lowest BCUT2D eigenvalue weighted by molar-refractivity contribution is 0.0546. The maximum absolute atomic E-state index is 13.1. The van der Waals surface area contributed by atoms with E-state index in [-0.39, 0.29) is 5.82 Å². The minimum Gasteiger partial charge on any atom is -0.420 e. The molecule has 0 unspecified atom stereocenters. The molecular formula is C19H16ClFN2O2. The maximum atomic E-state index is 13.1. The summed E-state index contributed by atoms with van der Waals surface area (Å²) in [5.74, 6) is 0.580. The first-order valence-corrected chi connectivity index (χ1v) is 8.49. The third-order valence-electron chi connectivity index (χ3n) is 4.66. The van der Waals surface area contributed by atoms with Gasteiger partial charge < -0.3 is 9.15 Å². The highest BCUT2D eigenvalue weighted by Crippen LogP contribution is 2.43. The lowest BCUT2D eigenvalue weighted by Crippen LogP contribution is -2.35. The van der Waals surface area contributed by atoms with Crippen molar-refractivity contribution in [1.29, 1.82) is 0 Å². The van der Waals surface area contributed by atoms with Crippen molar-refractivity contribution in [3.8, 4) is 11.5 Å². The molecule has 0 N–H and O–H groups in total. The zero-order valence-corrected chi connectivity index (χ0v) is 14.2. The molecule has 0 radical (unpaired) electrons. The molecule has 1 saturated heterocycles. The van der Waals surface area contributed by atoms with E-state index in [1.54, 1.807) is 12.1 Å². The van der Waals surface area contributed by atoms with E-state index in [9.17, 15) is 4.39 Å². The number of aromatic nitrogens is 2. The lowest BCUT2D eigenvalue weighted by atomic mass is 9.74. The van der Waals surface area contributed by atoms with Crippen LogP contribution < -0.4 is 0 Å². The molecule has 0 aliphatic carbocycles. The van der Waals surface area contributed by atoms with Crippen molar-refractivity contribution in [2.45, 2.75) is 18.3 Å². The molecule has 1 aliphatic heterocycles. The van der Waals surface area contributed by atoms with Gasteiger partial charge in [-0.15, -0.1) is 10.2 Å². The van der Waals surface area contributed by atoms with Crippen molar-refractivity contribution >= 4 is 11.6 Å². The largest absolute Gasteiger partial charge is 0.420 e. The monoisotopic (exact) mass is 358 g/mol. The van der Waals surface area contributed by atoms with Crippen LogP contribution in [0.4, 0.5) is 4.39 Å². The fourth-order valence-electron chi connectivity index (χ4n) is 3.29. The Morgan fingerprint density at radius 1 is 0.960 bits per heavy atom. The molecule has 1 fully saturated rings. The van der Waals surface area contributed by atoms with Gasteiger partial charge in [0.25, 0.3) is 0 Å². The molecule has 2 aromatic carbocycles. The highest BCUT2D eigenvalue weighted by molar-refractivity contribution is 6.31. The fourth-order valence-corrected chi connectivity index (χ4v) is 3.61. The third-order valence-corrected chi connectivity index (χ3v) is 4.99. The highest BCUT2D eigenvalue weighted by Gasteiger charge is 2.42. The van der Waals surface area contributed by atoms with Gasteiger partial charge in [-0.3, -0.25) is 0 Å². The summed E-state index contributed by atoms with van der Waals surface area (Å²) >= 11 is 6.47. The average molecular weight is 359 g/mol. The molecule has 0 bridgehead atoms. The quantitative estimate of drug-likeness (QED) is 0.685. The molecular weight excluding hydrogens is 343 g/mol. The Morgan fingerprint density at radius 2 is 1.68 bits per heavy atom. The van der Waals surface area contributed by atoms with Crippen LogP contribution in [0.15, 0.2) is 52.9 Å². The van der Waals surface area contributed by atoms with Crippen LogP contribution in [-0.2, 0) is 10.2 Å². The Kier molecular flexibility index (Phi) is 4.27. The van der Waals surface area contributed by atoms with E-state index in [0.29, 0.717) is 48.4 Å². The first kappa shape index (κ1) is 16.2. The van der Waals surface area contributed by atoms with Gasteiger partial charge in [0.05, 0.1) is 5.41 Å². The van der Waals surface area contributed by atoms with Crippen LogP contribution in [0.5, 0.6) is 0 Å². The van der Waals surface area contributed by atoms with Crippen LogP contribution in [0.3, 0.4) is 0 Å². The zero-order valence-electron chi connectivity index (χ0n) is 13.4. The van der Waals surface area contributed by atoms with Gasteiger partial charge >= 0.3 is 0 Å². The average Bonchev–Trinajstić information content (AvgIpc) is 3.14. The van der Waals surface area contributed by atoms with Crippen molar-refractivity contribution < 1.29 is 13.5 Å². The van der Waals surface area contributed by atoms with Gasteiger partial charge in [-0.1, -0.05) is 29.8 Å². The second kappa shape index (κ2) is 6.58. The van der Waals surface area contributed by atoms with Crippen molar-refractivity contribution in [2.24, 2.45) is 0 Å². The molecule has 25 heavy (non-hydrogen) atoms. The smallest absolute Gasteiger partial charge is 0.247 e. The Hall–Kier alpha value is -2.24. The molecule has 128 valence electrons. The molecule has 0 atom stereocenters. The van der Waals surface area contributed by atoms with Gasteiger partial charge in [-0.25, -0.2) is 4.39 Å². The number of benzene rings is 2. The molecule has 0 amide bonds. The van der Waals surface area contributed by atoms with E-state index in [4.69, 9.17) is 20.8 Å². The summed E-state index contributed by atoms with van der Waals surface area (Å²) in [7, 11) is 0. The van der Waals surface area contributed by atoms with Crippen LogP contribution in [-0.4, -0.2) is 23.4 Å². The Morgan fingerprint density at radius 3 is 2.40 bits per heavy atom. The fraction of sp³-hybridized carbons (Fsp3) is 0.263. The first-order valence-electron chi connectivity index (χ1n) is 8.12. The van der Waals surface area contributed by atoms with Crippen LogP contribution >= 0.6 is 11.6 Å². The molecule has 4 nitrogen and oxygen atoms in total. The summed E-state index contributed by atoms with van der Waals surface area (Å²) < 4.78 is 24.7. The minimum atomic E-state index is -0.470. The van der Waals surface area contributed by atoms with E-state index >= 15 is 0 Å².